The molecule has 0 N–H and O–H groups in total. The van der Waals surface area contributed by atoms with Crippen molar-refractivity contribution in [2.75, 3.05) is 0 Å². The van der Waals surface area contributed by atoms with Crippen LogP contribution in [0.4, 0.5) is 4.39 Å². The quantitative estimate of drug-likeness (QED) is 0.730. The molecule has 2 aromatic rings. The van der Waals surface area contributed by atoms with Gasteiger partial charge in [0.05, 0.1) is 32.3 Å². The molecule has 0 saturated carbocycles. The van der Waals surface area contributed by atoms with Gasteiger partial charge in [0.2, 0.25) is 0 Å². The lowest BCUT2D eigenvalue weighted by Gasteiger charge is -1.94. The summed E-state index contributed by atoms with van der Waals surface area (Å²) in [5.74, 6) is -0.275. The van der Waals surface area contributed by atoms with Gasteiger partial charge < -0.3 is 0 Å². The number of halogens is 3. The van der Waals surface area contributed by atoms with Gasteiger partial charge >= 0.3 is 0 Å². The number of hydrogen-bond donors (Lipinski definition) is 0. The molecule has 1 aromatic heterocycles. The molecule has 62 valence electrons. The third-order valence-electron chi connectivity index (χ3n) is 1.57. The monoisotopic (exact) mass is 292 g/mol. The predicted molar refractivity (Wildman–Crippen MR) is 51.7 cm³/mol. The van der Waals surface area contributed by atoms with Gasteiger partial charge in [-0.2, -0.15) is 8.81 Å². The van der Waals surface area contributed by atoms with Gasteiger partial charge in [-0.25, -0.2) is 4.39 Å². The first kappa shape index (κ1) is 8.19. The summed E-state index contributed by atoms with van der Waals surface area (Å²) < 4.78 is 14.9. The fourth-order valence-electron chi connectivity index (χ4n) is 0.990. The summed E-state index contributed by atoms with van der Waals surface area (Å²) in [5, 5.41) is 4.69. The first-order chi connectivity index (χ1) is 5.68. The lowest BCUT2D eigenvalue weighted by atomic mass is 10.2. The summed E-state index contributed by atoms with van der Waals surface area (Å²) in [6.07, 6.45) is 1.60. The van der Waals surface area contributed by atoms with E-state index in [2.05, 4.69) is 37.2 Å². The van der Waals surface area contributed by atoms with Gasteiger partial charge in [0, 0.05) is 5.39 Å². The van der Waals surface area contributed by atoms with E-state index in [1.165, 1.54) is 9.77 Å². The summed E-state index contributed by atoms with van der Waals surface area (Å²) in [5.41, 5.74) is 0.836. The average molecular weight is 294 g/mol. The van der Waals surface area contributed by atoms with Crippen LogP contribution < -0.4 is 0 Å². The van der Waals surface area contributed by atoms with Crippen molar-refractivity contribution >= 4 is 43.0 Å². The number of hydrogen-bond acceptors (Lipinski definition) is 1. The Morgan fingerprint density at radius 3 is 2.92 bits per heavy atom. The maximum atomic E-state index is 13.0. The second-order valence-electron chi connectivity index (χ2n) is 2.33. The Hall–Kier alpha value is -0.420. The molecule has 1 heterocycles. The van der Waals surface area contributed by atoms with Gasteiger partial charge in [-0.15, -0.1) is 0 Å². The molecule has 5 heteroatoms. The molecule has 0 unspecified atom stereocenters. The Balaban J connectivity index is 2.87. The molecule has 0 bridgehead atoms. The summed E-state index contributed by atoms with van der Waals surface area (Å²) >= 11 is 6.29. The minimum atomic E-state index is -0.275. The van der Waals surface area contributed by atoms with Crippen molar-refractivity contribution in [1.82, 2.24) is 8.81 Å². The van der Waals surface area contributed by atoms with E-state index in [1.807, 2.05) is 0 Å². The normalized spacial score (nSPS) is 10.9. The third-order valence-corrected chi connectivity index (χ3v) is 2.74. The highest BCUT2D eigenvalue weighted by Crippen LogP contribution is 2.23. The fourth-order valence-corrected chi connectivity index (χ4v) is 1.72. The van der Waals surface area contributed by atoms with E-state index in [4.69, 9.17) is 0 Å². The van der Waals surface area contributed by atoms with E-state index in [0.29, 0.717) is 4.47 Å². The molecule has 2 nitrogen and oxygen atoms in total. The van der Waals surface area contributed by atoms with E-state index in [-0.39, 0.29) is 5.82 Å². The van der Waals surface area contributed by atoms with Crippen LogP contribution >= 0.6 is 32.1 Å². The molecule has 2 rings (SSSR count). The standard InChI is InChI=1S/C7H3Br2FN2/c8-5-2-7-4(1-6(5)10)3-11-12(7)9/h1-3H. The molecule has 0 saturated heterocycles. The van der Waals surface area contributed by atoms with Crippen molar-refractivity contribution in [3.05, 3.63) is 28.6 Å². The molecule has 0 spiro atoms. The summed E-state index contributed by atoms with van der Waals surface area (Å²) in [6.45, 7) is 0. The second-order valence-corrected chi connectivity index (χ2v) is 3.86. The Morgan fingerprint density at radius 1 is 1.42 bits per heavy atom. The number of rotatable bonds is 0. The molecule has 0 amide bonds. The molecule has 1 aromatic carbocycles. The maximum absolute atomic E-state index is 13.0. The molecular formula is C7H3Br2FN2. The second kappa shape index (κ2) is 2.81. The SMILES string of the molecule is Fc1cc2cnn(Br)c2cc1Br. The fraction of sp³-hybridized carbons (Fsp3) is 0. The highest BCUT2D eigenvalue weighted by molar-refractivity contribution is 9.10. The van der Waals surface area contributed by atoms with Crippen LogP contribution in [0.15, 0.2) is 22.8 Å². The number of aromatic nitrogens is 2. The molecule has 0 aliphatic rings. The smallest absolute Gasteiger partial charge is 0.138 e. The highest BCUT2D eigenvalue weighted by Gasteiger charge is 2.05. The van der Waals surface area contributed by atoms with Crippen LogP contribution in [-0.2, 0) is 0 Å². The average Bonchev–Trinajstić information content (AvgIpc) is 2.35. The van der Waals surface area contributed by atoms with E-state index in [9.17, 15) is 4.39 Å². The lowest BCUT2D eigenvalue weighted by molar-refractivity contribution is 0.623. The first-order valence-corrected chi connectivity index (χ1v) is 4.67. The van der Waals surface area contributed by atoms with Crippen molar-refractivity contribution in [2.24, 2.45) is 0 Å². The molecule has 0 atom stereocenters. The third kappa shape index (κ3) is 1.17. The van der Waals surface area contributed by atoms with Crippen molar-refractivity contribution in [3.8, 4) is 0 Å². The van der Waals surface area contributed by atoms with E-state index in [1.54, 1.807) is 12.3 Å². The van der Waals surface area contributed by atoms with Crippen LogP contribution in [0.5, 0.6) is 0 Å². The van der Waals surface area contributed by atoms with E-state index >= 15 is 0 Å². The van der Waals surface area contributed by atoms with Gasteiger partial charge in [-0.05, 0) is 28.1 Å². The van der Waals surface area contributed by atoms with Crippen molar-refractivity contribution < 1.29 is 4.39 Å². The van der Waals surface area contributed by atoms with Gasteiger partial charge in [0.25, 0.3) is 0 Å². The van der Waals surface area contributed by atoms with E-state index < -0.39 is 0 Å². The van der Waals surface area contributed by atoms with Crippen molar-refractivity contribution in [1.29, 1.82) is 0 Å². The Labute approximate surface area is 84.8 Å². The van der Waals surface area contributed by atoms with Crippen LogP contribution in [0.3, 0.4) is 0 Å². The van der Waals surface area contributed by atoms with Gasteiger partial charge in [0.1, 0.15) is 5.82 Å². The molecule has 0 fully saturated rings. The Kier molecular flexibility index (Phi) is 1.92. The van der Waals surface area contributed by atoms with Crippen LogP contribution in [0.25, 0.3) is 10.9 Å². The van der Waals surface area contributed by atoms with Gasteiger partial charge in [-0.3, -0.25) is 0 Å². The van der Waals surface area contributed by atoms with Gasteiger partial charge in [-0.1, -0.05) is 0 Å². The zero-order valence-corrected chi connectivity index (χ0v) is 8.93. The molecular weight excluding hydrogens is 291 g/mol. The maximum Gasteiger partial charge on any atom is 0.138 e. The van der Waals surface area contributed by atoms with Crippen molar-refractivity contribution in [2.45, 2.75) is 0 Å². The summed E-state index contributed by atoms with van der Waals surface area (Å²) in [4.78, 5) is 0. The van der Waals surface area contributed by atoms with Crippen LogP contribution in [0.1, 0.15) is 0 Å². The molecule has 0 aliphatic heterocycles. The van der Waals surface area contributed by atoms with Crippen LogP contribution in [0, 0.1) is 5.82 Å². The van der Waals surface area contributed by atoms with Crippen LogP contribution in [-0.4, -0.2) is 8.81 Å². The zero-order valence-electron chi connectivity index (χ0n) is 5.76. The predicted octanol–water partition coefficient (Wildman–Crippen LogP) is 3.10. The van der Waals surface area contributed by atoms with Crippen LogP contribution in [0.2, 0.25) is 0 Å². The number of benzene rings is 1. The van der Waals surface area contributed by atoms with Crippen molar-refractivity contribution in [3.63, 3.8) is 0 Å². The summed E-state index contributed by atoms with van der Waals surface area (Å²) in [6, 6.07) is 3.11. The largest absolute Gasteiger partial charge is 0.206 e. The Bertz CT molecular complexity index is 438. The lowest BCUT2D eigenvalue weighted by Crippen LogP contribution is -1.81. The number of fused-ring (bicyclic) bond motifs is 1. The minimum Gasteiger partial charge on any atom is -0.206 e. The Morgan fingerprint density at radius 2 is 2.17 bits per heavy atom. The number of nitrogens with zero attached hydrogens (tertiary/aromatic N) is 2. The van der Waals surface area contributed by atoms with Gasteiger partial charge in [0.15, 0.2) is 0 Å². The zero-order chi connectivity index (χ0) is 8.72. The first-order valence-electron chi connectivity index (χ1n) is 3.17. The van der Waals surface area contributed by atoms with E-state index in [0.717, 1.165) is 10.9 Å². The molecule has 0 radical (unpaired) electrons. The topological polar surface area (TPSA) is 17.8 Å². The molecule has 12 heavy (non-hydrogen) atoms. The molecule has 0 aliphatic carbocycles. The highest BCUT2D eigenvalue weighted by atomic mass is 79.9. The summed E-state index contributed by atoms with van der Waals surface area (Å²) in [7, 11) is 0. The minimum absolute atomic E-state index is 0.275.